The molecule has 0 saturated carbocycles. The predicted molar refractivity (Wildman–Crippen MR) is 24.7 cm³/mol. The maximum absolute atomic E-state index is 9.74. The largest absolute Gasteiger partial charge is 1.00 e. The molecule has 0 fully saturated rings. The molecule has 3 N–H and O–H groups in total. The van der Waals surface area contributed by atoms with Crippen LogP contribution in [0.1, 0.15) is 6.42 Å². The Bertz CT molecular complexity index is 87.9. The molecule has 1 atom stereocenters. The summed E-state index contributed by atoms with van der Waals surface area (Å²) < 4.78 is 0. The first kappa shape index (κ1) is 12.7. The van der Waals surface area contributed by atoms with Crippen LogP contribution in [0.5, 0.6) is 0 Å². The molecule has 5 heteroatoms. The smallest absolute Gasteiger partial charge is 0.548 e. The van der Waals surface area contributed by atoms with Gasteiger partial charge in [-0.2, -0.15) is 0 Å². The maximum Gasteiger partial charge on any atom is 1.00 e. The molecule has 0 aliphatic carbocycles. The Labute approximate surface area is 95.8 Å². The summed E-state index contributed by atoms with van der Waals surface area (Å²) in [5, 5.41) is 17.9. The van der Waals surface area contributed by atoms with Crippen molar-refractivity contribution in [2.75, 3.05) is 6.61 Å². The van der Waals surface area contributed by atoms with Crippen molar-refractivity contribution in [3.05, 3.63) is 0 Å². The van der Waals surface area contributed by atoms with Crippen molar-refractivity contribution in [1.29, 1.82) is 0 Å². The molecule has 0 aromatic rings. The summed E-state index contributed by atoms with van der Waals surface area (Å²) in [4.78, 5) is 9.74. The summed E-state index contributed by atoms with van der Waals surface area (Å²) in [6.07, 6.45) is 0.0579. The molecule has 4 nitrogen and oxygen atoms in total. The van der Waals surface area contributed by atoms with Gasteiger partial charge in [0.15, 0.2) is 0 Å². The SMILES string of the molecule is N[C@@H](CCO)C(=O)[O-].[K+]. The third-order valence-corrected chi connectivity index (χ3v) is 0.743. The van der Waals surface area contributed by atoms with Crippen molar-refractivity contribution in [1.82, 2.24) is 0 Å². The third kappa shape index (κ3) is 6.92. The zero-order valence-corrected chi connectivity index (χ0v) is 8.46. The van der Waals surface area contributed by atoms with E-state index >= 15 is 0 Å². The fourth-order valence-corrected chi connectivity index (χ4v) is 0.257. The number of aliphatic carboxylic acids is 1. The second kappa shape index (κ2) is 7.14. The molecule has 48 valence electrons. The van der Waals surface area contributed by atoms with Gasteiger partial charge in [-0.3, -0.25) is 0 Å². The Balaban J connectivity index is 0. The fraction of sp³-hybridized carbons (Fsp3) is 0.750. The molecule has 0 amide bonds. The second-order valence-electron chi connectivity index (χ2n) is 1.44. The minimum Gasteiger partial charge on any atom is -0.548 e. The van der Waals surface area contributed by atoms with Crippen molar-refractivity contribution in [3.63, 3.8) is 0 Å². The molecule has 0 spiro atoms. The molecule has 0 aromatic carbocycles. The van der Waals surface area contributed by atoms with E-state index in [1.807, 2.05) is 0 Å². The summed E-state index contributed by atoms with van der Waals surface area (Å²) in [6.45, 7) is -0.213. The fourth-order valence-electron chi connectivity index (χ4n) is 0.257. The molecular formula is C4H8KNO3. The van der Waals surface area contributed by atoms with Gasteiger partial charge < -0.3 is 20.7 Å². The average molecular weight is 157 g/mol. The van der Waals surface area contributed by atoms with Gasteiger partial charge in [0.2, 0.25) is 0 Å². The van der Waals surface area contributed by atoms with Gasteiger partial charge >= 0.3 is 51.4 Å². The van der Waals surface area contributed by atoms with E-state index in [1.165, 1.54) is 0 Å². The molecule has 0 aromatic heterocycles. The predicted octanol–water partition coefficient (Wildman–Crippen LogP) is -5.55. The molecule has 0 rings (SSSR count). The summed E-state index contributed by atoms with van der Waals surface area (Å²) in [5.74, 6) is -1.32. The van der Waals surface area contributed by atoms with E-state index in [1.54, 1.807) is 0 Å². The Hall–Kier alpha value is 1.03. The van der Waals surface area contributed by atoms with Crippen LogP contribution in [-0.2, 0) is 4.79 Å². The van der Waals surface area contributed by atoms with Crippen LogP contribution in [0.15, 0.2) is 0 Å². The monoisotopic (exact) mass is 157 g/mol. The number of aliphatic hydroxyl groups is 1. The zero-order valence-electron chi connectivity index (χ0n) is 5.33. The standard InChI is InChI=1S/C4H9NO3.K/c5-3(1-2-6)4(7)8;/h3,6H,1-2,5H2,(H,7,8);/q;+1/p-1/t3-;/m0./s1. The van der Waals surface area contributed by atoms with Gasteiger partial charge in [-0.15, -0.1) is 0 Å². The van der Waals surface area contributed by atoms with Crippen LogP contribution in [0.2, 0.25) is 0 Å². The topological polar surface area (TPSA) is 86.4 Å². The van der Waals surface area contributed by atoms with Crippen LogP contribution < -0.4 is 62.2 Å². The van der Waals surface area contributed by atoms with Crippen LogP contribution in [0.25, 0.3) is 0 Å². The third-order valence-electron chi connectivity index (χ3n) is 0.743. The number of carbonyl (C=O) groups excluding carboxylic acids is 1. The molecule has 0 unspecified atom stereocenters. The van der Waals surface area contributed by atoms with E-state index in [9.17, 15) is 9.90 Å². The van der Waals surface area contributed by atoms with E-state index in [-0.39, 0.29) is 64.4 Å². The van der Waals surface area contributed by atoms with Crippen LogP contribution in [-0.4, -0.2) is 23.7 Å². The van der Waals surface area contributed by atoms with Gasteiger partial charge in [-0.05, 0) is 6.42 Å². The van der Waals surface area contributed by atoms with E-state index in [0.29, 0.717) is 0 Å². The first-order valence-corrected chi connectivity index (χ1v) is 2.25. The van der Waals surface area contributed by atoms with Crippen molar-refractivity contribution >= 4 is 5.97 Å². The summed E-state index contributed by atoms with van der Waals surface area (Å²) in [6, 6.07) is -1.03. The number of nitrogens with two attached hydrogens (primary N) is 1. The van der Waals surface area contributed by atoms with Crippen LogP contribution in [0, 0.1) is 0 Å². The normalized spacial score (nSPS) is 11.8. The average Bonchev–Trinajstić information content (AvgIpc) is 1.67. The number of hydrogen-bond donors (Lipinski definition) is 2. The van der Waals surface area contributed by atoms with Gasteiger partial charge in [0.1, 0.15) is 0 Å². The first-order chi connectivity index (χ1) is 3.68. The second-order valence-corrected chi connectivity index (χ2v) is 1.44. The number of carboxylic acid groups (broad SMARTS) is 1. The van der Waals surface area contributed by atoms with Gasteiger partial charge in [0, 0.05) is 12.6 Å². The summed E-state index contributed by atoms with van der Waals surface area (Å²) in [7, 11) is 0. The molecule has 0 radical (unpaired) electrons. The van der Waals surface area contributed by atoms with Crippen molar-refractivity contribution in [2.45, 2.75) is 12.5 Å². The van der Waals surface area contributed by atoms with Gasteiger partial charge in [0.25, 0.3) is 0 Å². The van der Waals surface area contributed by atoms with Gasteiger partial charge in [-0.1, -0.05) is 0 Å². The van der Waals surface area contributed by atoms with Crippen LogP contribution >= 0.6 is 0 Å². The van der Waals surface area contributed by atoms with E-state index in [0.717, 1.165) is 0 Å². The Kier molecular flexibility index (Phi) is 10.1. The molecular weight excluding hydrogens is 149 g/mol. The van der Waals surface area contributed by atoms with E-state index in [4.69, 9.17) is 10.8 Å². The van der Waals surface area contributed by atoms with E-state index < -0.39 is 12.0 Å². The number of carboxylic acids is 1. The van der Waals surface area contributed by atoms with Crippen molar-refractivity contribution in [3.8, 4) is 0 Å². The molecule has 0 saturated heterocycles. The molecule has 0 bridgehead atoms. The van der Waals surface area contributed by atoms with Crippen molar-refractivity contribution < 1.29 is 66.4 Å². The quantitative estimate of drug-likeness (QED) is 0.400. The maximum atomic E-state index is 9.74. The first-order valence-electron chi connectivity index (χ1n) is 2.25. The summed E-state index contributed by atoms with van der Waals surface area (Å²) in [5.41, 5.74) is 4.90. The molecule has 0 aliphatic heterocycles. The Morgan fingerprint density at radius 2 is 2.22 bits per heavy atom. The van der Waals surface area contributed by atoms with E-state index in [2.05, 4.69) is 0 Å². The number of hydrogen-bond acceptors (Lipinski definition) is 4. The molecule has 9 heavy (non-hydrogen) atoms. The van der Waals surface area contributed by atoms with Gasteiger partial charge in [0.05, 0.1) is 5.97 Å². The van der Waals surface area contributed by atoms with Crippen molar-refractivity contribution in [2.24, 2.45) is 5.73 Å². The zero-order chi connectivity index (χ0) is 6.57. The van der Waals surface area contributed by atoms with Crippen LogP contribution in [0.4, 0.5) is 0 Å². The Morgan fingerprint density at radius 3 is 2.33 bits per heavy atom. The number of rotatable bonds is 3. The van der Waals surface area contributed by atoms with Crippen LogP contribution in [0.3, 0.4) is 0 Å². The Morgan fingerprint density at radius 1 is 1.78 bits per heavy atom. The molecule has 0 heterocycles. The number of carbonyl (C=O) groups is 1. The number of aliphatic hydroxyl groups excluding tert-OH is 1. The minimum absolute atomic E-state index is 0. The molecule has 0 aliphatic rings. The minimum atomic E-state index is -1.32. The van der Waals surface area contributed by atoms with Gasteiger partial charge in [-0.25, -0.2) is 0 Å². The summed E-state index contributed by atoms with van der Waals surface area (Å²) >= 11 is 0.